The van der Waals surface area contributed by atoms with Crippen LogP contribution in [0.4, 0.5) is 10.5 Å². The van der Waals surface area contributed by atoms with Crippen molar-refractivity contribution in [1.82, 2.24) is 14.5 Å². The van der Waals surface area contributed by atoms with Crippen molar-refractivity contribution in [3.63, 3.8) is 0 Å². The minimum Gasteiger partial charge on any atom is -0.326 e. The van der Waals surface area contributed by atoms with Gasteiger partial charge in [-0.25, -0.2) is 9.59 Å². The average Bonchev–Trinajstić information content (AvgIpc) is 3.22. The van der Waals surface area contributed by atoms with E-state index >= 15 is 0 Å². The van der Waals surface area contributed by atoms with E-state index in [1.54, 1.807) is 23.1 Å². The van der Waals surface area contributed by atoms with E-state index in [1.165, 1.54) is 0 Å². The van der Waals surface area contributed by atoms with Gasteiger partial charge in [0.25, 0.3) is 0 Å². The van der Waals surface area contributed by atoms with Gasteiger partial charge in [0.1, 0.15) is 0 Å². The van der Waals surface area contributed by atoms with E-state index in [0.717, 1.165) is 27.7 Å². The third-order valence-corrected chi connectivity index (χ3v) is 7.28. The Kier molecular flexibility index (Phi) is 6.56. The molecule has 3 aromatic carbocycles. The first kappa shape index (κ1) is 23.5. The topological polar surface area (TPSA) is 96.2 Å². The number of urea groups is 1. The lowest BCUT2D eigenvalue weighted by atomic mass is 10.0. The van der Waals surface area contributed by atoms with Crippen molar-refractivity contribution in [3.8, 4) is 11.1 Å². The molecule has 1 aromatic heterocycles. The molecule has 0 atom stereocenters. The molecule has 0 unspecified atom stereocenters. The van der Waals surface area contributed by atoms with Crippen molar-refractivity contribution in [3.05, 3.63) is 86.8 Å². The second-order valence-corrected chi connectivity index (χ2v) is 9.49. The molecule has 35 heavy (non-hydrogen) atoms. The summed E-state index contributed by atoms with van der Waals surface area (Å²) in [6.07, 6.45) is 1.36. The number of nitrogens with one attached hydrogen (secondary N) is 2. The predicted octanol–water partition coefficient (Wildman–Crippen LogP) is 5.63. The van der Waals surface area contributed by atoms with Gasteiger partial charge in [-0.15, -0.1) is 0 Å². The van der Waals surface area contributed by atoms with Crippen LogP contribution in [-0.4, -0.2) is 33.6 Å². The molecule has 9 heteroatoms. The van der Waals surface area contributed by atoms with Gasteiger partial charge in [0.15, 0.2) is 0 Å². The van der Waals surface area contributed by atoms with Crippen LogP contribution in [0.15, 0.2) is 65.5 Å². The van der Waals surface area contributed by atoms with Crippen molar-refractivity contribution in [2.24, 2.45) is 5.73 Å². The number of nitrogens with zero attached hydrogens (tertiary/aromatic N) is 2. The molecule has 1 fully saturated rings. The first-order valence-electron chi connectivity index (χ1n) is 11.5. The van der Waals surface area contributed by atoms with Crippen LogP contribution < -0.4 is 16.7 Å². The maximum Gasteiger partial charge on any atom is 0.326 e. The third kappa shape index (κ3) is 4.67. The maximum absolute atomic E-state index is 13.0. The molecule has 0 aliphatic carbocycles. The van der Waals surface area contributed by atoms with Crippen LogP contribution in [0.25, 0.3) is 22.2 Å². The Morgan fingerprint density at radius 3 is 2.46 bits per heavy atom. The molecule has 2 heterocycles. The molecule has 2 amide bonds. The number of likely N-dealkylation sites (tertiary alicyclic amines) is 1. The monoisotopic (exact) mass is 509 g/mol. The fourth-order valence-electron chi connectivity index (χ4n) is 4.68. The smallest absolute Gasteiger partial charge is 0.326 e. The number of rotatable bonds is 4. The summed E-state index contributed by atoms with van der Waals surface area (Å²) in [4.78, 5) is 30.6. The molecular formula is C26H25Cl2N5O2. The number of aromatic nitrogens is 2. The van der Waals surface area contributed by atoms with Crippen molar-refractivity contribution in [2.45, 2.75) is 25.4 Å². The van der Waals surface area contributed by atoms with Gasteiger partial charge < -0.3 is 20.9 Å². The highest BCUT2D eigenvalue weighted by Crippen LogP contribution is 2.31. The minimum absolute atomic E-state index is 0.000132. The van der Waals surface area contributed by atoms with Gasteiger partial charge in [-0.2, -0.15) is 0 Å². The molecule has 180 valence electrons. The Bertz CT molecular complexity index is 1440. The third-order valence-electron chi connectivity index (χ3n) is 6.54. The Labute approximate surface area is 212 Å². The number of hydrogen-bond acceptors (Lipinski definition) is 3. The largest absolute Gasteiger partial charge is 0.326 e. The highest BCUT2D eigenvalue weighted by atomic mass is 35.5. The summed E-state index contributed by atoms with van der Waals surface area (Å²) in [7, 11) is 0. The summed E-state index contributed by atoms with van der Waals surface area (Å²) in [6, 6.07) is 18.8. The summed E-state index contributed by atoms with van der Waals surface area (Å²) in [5, 5.41) is 3.69. The van der Waals surface area contributed by atoms with Gasteiger partial charge in [0, 0.05) is 36.9 Å². The first-order chi connectivity index (χ1) is 16.9. The lowest BCUT2D eigenvalue weighted by Gasteiger charge is -2.32. The quantitative estimate of drug-likeness (QED) is 0.332. The normalized spacial score (nSPS) is 14.4. The highest BCUT2D eigenvalue weighted by molar-refractivity contribution is 6.42. The van der Waals surface area contributed by atoms with Crippen LogP contribution in [0.2, 0.25) is 10.0 Å². The lowest BCUT2D eigenvalue weighted by Crippen LogP contribution is -2.42. The van der Waals surface area contributed by atoms with Crippen molar-refractivity contribution in [2.75, 3.05) is 18.4 Å². The summed E-state index contributed by atoms with van der Waals surface area (Å²) in [5.74, 6) is 0. The Morgan fingerprint density at radius 2 is 1.77 bits per heavy atom. The van der Waals surface area contributed by atoms with Crippen molar-refractivity contribution < 1.29 is 4.79 Å². The molecule has 5 rings (SSSR count). The molecule has 4 aromatic rings. The number of anilines is 1. The number of piperidine rings is 1. The van der Waals surface area contributed by atoms with E-state index in [9.17, 15) is 9.59 Å². The SMILES string of the molecule is NCc1ccc(-c2cccc3c2[nH]c(=O)n3C2CCN(C(=O)Nc3ccc(Cl)c(Cl)c3)CC2)cc1. The molecule has 1 aliphatic rings. The Balaban J connectivity index is 1.33. The van der Waals surface area contributed by atoms with Gasteiger partial charge in [-0.05, 0) is 48.2 Å². The Hall–Kier alpha value is -3.26. The van der Waals surface area contributed by atoms with Gasteiger partial charge in [0.05, 0.1) is 21.1 Å². The van der Waals surface area contributed by atoms with Crippen molar-refractivity contribution in [1.29, 1.82) is 0 Å². The van der Waals surface area contributed by atoms with Crippen LogP contribution in [-0.2, 0) is 6.54 Å². The maximum atomic E-state index is 13.0. The van der Waals surface area contributed by atoms with Crippen LogP contribution in [0.1, 0.15) is 24.4 Å². The molecule has 7 nitrogen and oxygen atoms in total. The second kappa shape index (κ2) is 9.77. The van der Waals surface area contributed by atoms with Crippen LogP contribution >= 0.6 is 23.2 Å². The average molecular weight is 510 g/mol. The molecular weight excluding hydrogens is 485 g/mol. The van der Waals surface area contributed by atoms with E-state index in [4.69, 9.17) is 28.9 Å². The molecule has 1 saturated heterocycles. The number of halogens is 2. The summed E-state index contributed by atoms with van der Waals surface area (Å²) >= 11 is 12.0. The molecule has 0 bridgehead atoms. The van der Waals surface area contributed by atoms with Crippen LogP contribution in [0.5, 0.6) is 0 Å². The fraction of sp³-hybridized carbons (Fsp3) is 0.231. The molecule has 0 radical (unpaired) electrons. The number of hydrogen-bond donors (Lipinski definition) is 3. The summed E-state index contributed by atoms with van der Waals surface area (Å²) < 4.78 is 1.83. The number of amides is 2. The van der Waals surface area contributed by atoms with Gasteiger partial charge in [-0.3, -0.25) is 4.57 Å². The number of carbonyl (C=O) groups is 1. The van der Waals surface area contributed by atoms with E-state index in [-0.39, 0.29) is 17.8 Å². The van der Waals surface area contributed by atoms with Crippen LogP contribution in [0.3, 0.4) is 0 Å². The van der Waals surface area contributed by atoms with E-state index in [0.29, 0.717) is 48.2 Å². The summed E-state index contributed by atoms with van der Waals surface area (Å²) in [5.41, 5.74) is 10.9. The second-order valence-electron chi connectivity index (χ2n) is 8.68. The standard InChI is InChI=1S/C26H25Cl2N5O2/c27-21-9-8-18(14-22(21)28)30-25(34)32-12-10-19(11-13-32)33-23-3-1-2-20(24(23)31-26(33)35)17-6-4-16(15-29)5-7-17/h1-9,14,19H,10-13,15,29H2,(H,30,34)(H,31,35). The number of aromatic amines is 1. The number of nitrogens with two attached hydrogens (primary N) is 1. The number of H-pyrrole nitrogens is 1. The summed E-state index contributed by atoms with van der Waals surface area (Å²) in [6.45, 7) is 1.57. The van der Waals surface area contributed by atoms with Gasteiger partial charge >= 0.3 is 11.7 Å². The van der Waals surface area contributed by atoms with Gasteiger partial charge in [-0.1, -0.05) is 59.6 Å². The fourth-order valence-corrected chi connectivity index (χ4v) is 4.97. The van der Waals surface area contributed by atoms with E-state index < -0.39 is 0 Å². The van der Waals surface area contributed by atoms with Crippen molar-refractivity contribution >= 4 is 46.0 Å². The molecule has 4 N–H and O–H groups in total. The first-order valence-corrected chi connectivity index (χ1v) is 12.2. The zero-order chi connectivity index (χ0) is 24.5. The number of carbonyl (C=O) groups excluding carboxylic acids is 1. The van der Waals surface area contributed by atoms with Crippen LogP contribution in [0, 0.1) is 0 Å². The van der Waals surface area contributed by atoms with E-state index in [1.807, 2.05) is 47.0 Å². The zero-order valence-corrected chi connectivity index (χ0v) is 20.4. The van der Waals surface area contributed by atoms with E-state index in [2.05, 4.69) is 10.3 Å². The molecule has 0 spiro atoms. The minimum atomic E-state index is -0.198. The molecule has 0 saturated carbocycles. The number of fused-ring (bicyclic) bond motifs is 1. The number of imidazole rings is 1. The Morgan fingerprint density at radius 1 is 1.03 bits per heavy atom. The van der Waals surface area contributed by atoms with Gasteiger partial charge in [0.2, 0.25) is 0 Å². The lowest BCUT2D eigenvalue weighted by molar-refractivity contribution is 0.184. The number of benzene rings is 3. The number of para-hydroxylation sites is 1. The highest BCUT2D eigenvalue weighted by Gasteiger charge is 2.26. The zero-order valence-electron chi connectivity index (χ0n) is 18.9. The molecule has 1 aliphatic heterocycles. The predicted molar refractivity (Wildman–Crippen MR) is 141 cm³/mol.